The van der Waals surface area contributed by atoms with Crippen molar-refractivity contribution in [2.24, 2.45) is 11.7 Å². The average molecular weight is 203 g/mol. The van der Waals surface area contributed by atoms with Gasteiger partial charge < -0.3 is 15.2 Å². The molecule has 0 radical (unpaired) electrons. The van der Waals surface area contributed by atoms with Gasteiger partial charge in [0.1, 0.15) is 5.60 Å². The van der Waals surface area contributed by atoms with E-state index in [1.807, 2.05) is 0 Å². The summed E-state index contributed by atoms with van der Waals surface area (Å²) in [6.07, 6.45) is 0. The highest BCUT2D eigenvalue weighted by atomic mass is 16.6. The van der Waals surface area contributed by atoms with Crippen LogP contribution in [0.4, 0.5) is 0 Å². The topological polar surface area (TPSA) is 78.6 Å². The zero-order valence-electron chi connectivity index (χ0n) is 8.99. The number of esters is 2. The van der Waals surface area contributed by atoms with Crippen LogP contribution in [0.15, 0.2) is 0 Å². The quantitative estimate of drug-likeness (QED) is 0.519. The van der Waals surface area contributed by atoms with Gasteiger partial charge in [0.05, 0.1) is 7.11 Å². The summed E-state index contributed by atoms with van der Waals surface area (Å²) in [4.78, 5) is 22.5. The number of ether oxygens (including phenoxy) is 2. The molecule has 5 nitrogen and oxygen atoms in total. The molecule has 0 rings (SSSR count). The summed E-state index contributed by atoms with van der Waals surface area (Å²) >= 11 is 0. The molecule has 0 spiro atoms. The number of nitrogens with two attached hydrogens (primary N) is 1. The lowest BCUT2D eigenvalue weighted by Crippen LogP contribution is -2.37. The average Bonchev–Trinajstić information content (AvgIpc) is 2.01. The zero-order chi connectivity index (χ0) is 11.4. The Morgan fingerprint density at radius 3 is 2.07 bits per heavy atom. The van der Waals surface area contributed by atoms with Gasteiger partial charge in [-0.05, 0) is 20.8 Å². The van der Waals surface area contributed by atoms with Crippen LogP contribution in [0.3, 0.4) is 0 Å². The summed E-state index contributed by atoms with van der Waals surface area (Å²) in [6.45, 7) is 5.04. The molecular formula is C9H17NO4. The number of carbonyl (C=O) groups is 2. The second-order valence-corrected chi connectivity index (χ2v) is 3.84. The smallest absolute Gasteiger partial charge is 0.322 e. The Labute approximate surface area is 83.5 Å². The molecule has 0 amide bonds. The third kappa shape index (κ3) is 4.23. The van der Waals surface area contributed by atoms with E-state index in [4.69, 9.17) is 10.5 Å². The van der Waals surface area contributed by atoms with Gasteiger partial charge in [-0.25, -0.2) is 0 Å². The van der Waals surface area contributed by atoms with E-state index in [9.17, 15) is 9.59 Å². The Morgan fingerprint density at radius 2 is 1.79 bits per heavy atom. The van der Waals surface area contributed by atoms with Crippen LogP contribution in [0.1, 0.15) is 20.8 Å². The van der Waals surface area contributed by atoms with Crippen molar-refractivity contribution in [3.05, 3.63) is 0 Å². The largest absolute Gasteiger partial charge is 0.468 e. The molecule has 0 unspecified atom stereocenters. The van der Waals surface area contributed by atoms with E-state index in [0.29, 0.717) is 0 Å². The van der Waals surface area contributed by atoms with Crippen molar-refractivity contribution < 1.29 is 19.1 Å². The lowest BCUT2D eigenvalue weighted by atomic mass is 10.1. The molecule has 0 aliphatic carbocycles. The Kier molecular flexibility index (Phi) is 4.56. The van der Waals surface area contributed by atoms with Gasteiger partial charge in [-0.1, -0.05) is 0 Å². The highest BCUT2D eigenvalue weighted by molar-refractivity contribution is 5.95. The predicted octanol–water partition coefficient (Wildman–Crippen LogP) is 0.0760. The first kappa shape index (κ1) is 12.9. The highest BCUT2D eigenvalue weighted by Crippen LogP contribution is 2.11. The van der Waals surface area contributed by atoms with Crippen molar-refractivity contribution in [3.63, 3.8) is 0 Å². The minimum absolute atomic E-state index is 0.110. The second kappa shape index (κ2) is 4.95. The summed E-state index contributed by atoms with van der Waals surface area (Å²) in [6, 6.07) is 0. The number of methoxy groups -OCH3 is 1. The SMILES string of the molecule is COC(=O)[C@H](CN)C(=O)OC(C)(C)C. The third-order valence-corrected chi connectivity index (χ3v) is 1.41. The maximum absolute atomic E-state index is 11.4. The van der Waals surface area contributed by atoms with Crippen LogP contribution in [0, 0.1) is 5.92 Å². The zero-order valence-corrected chi connectivity index (χ0v) is 8.99. The molecular weight excluding hydrogens is 186 g/mol. The van der Waals surface area contributed by atoms with Gasteiger partial charge in [-0.15, -0.1) is 0 Å². The number of hydrogen-bond donors (Lipinski definition) is 1. The Morgan fingerprint density at radius 1 is 1.29 bits per heavy atom. The molecule has 0 bridgehead atoms. The summed E-state index contributed by atoms with van der Waals surface area (Å²) in [5, 5.41) is 0. The minimum atomic E-state index is -1.03. The molecule has 0 saturated carbocycles. The van der Waals surface area contributed by atoms with Gasteiger partial charge in [0.15, 0.2) is 5.92 Å². The fourth-order valence-electron chi connectivity index (χ4n) is 0.804. The van der Waals surface area contributed by atoms with Gasteiger partial charge >= 0.3 is 11.9 Å². The molecule has 2 N–H and O–H groups in total. The normalized spacial score (nSPS) is 13.2. The van der Waals surface area contributed by atoms with Gasteiger partial charge in [0.2, 0.25) is 0 Å². The van der Waals surface area contributed by atoms with E-state index in [2.05, 4.69) is 4.74 Å². The molecule has 0 aliphatic heterocycles. The standard InChI is InChI=1S/C9H17NO4/c1-9(2,3)14-8(12)6(5-10)7(11)13-4/h6H,5,10H2,1-4H3/t6-/m0/s1. The second-order valence-electron chi connectivity index (χ2n) is 3.84. The van der Waals surface area contributed by atoms with E-state index in [0.717, 1.165) is 0 Å². The first-order valence-electron chi connectivity index (χ1n) is 4.32. The van der Waals surface area contributed by atoms with Crippen LogP contribution in [-0.2, 0) is 19.1 Å². The lowest BCUT2D eigenvalue weighted by molar-refractivity contribution is -0.167. The van der Waals surface area contributed by atoms with E-state index >= 15 is 0 Å². The number of carbonyl (C=O) groups excluding carboxylic acids is 2. The lowest BCUT2D eigenvalue weighted by Gasteiger charge is -2.22. The molecule has 1 atom stereocenters. The Bertz CT molecular complexity index is 219. The minimum Gasteiger partial charge on any atom is -0.468 e. The fraction of sp³-hybridized carbons (Fsp3) is 0.778. The molecule has 0 saturated heterocycles. The maximum Gasteiger partial charge on any atom is 0.322 e. The van der Waals surface area contributed by atoms with Crippen molar-refractivity contribution >= 4 is 11.9 Å². The molecule has 0 heterocycles. The predicted molar refractivity (Wildman–Crippen MR) is 50.4 cm³/mol. The maximum atomic E-state index is 11.4. The van der Waals surface area contributed by atoms with E-state index in [1.165, 1.54) is 7.11 Å². The van der Waals surface area contributed by atoms with E-state index < -0.39 is 23.5 Å². The summed E-state index contributed by atoms with van der Waals surface area (Å²) in [5.41, 5.74) is 4.64. The summed E-state index contributed by atoms with van der Waals surface area (Å²) < 4.78 is 9.41. The van der Waals surface area contributed by atoms with Crippen LogP contribution >= 0.6 is 0 Å². The van der Waals surface area contributed by atoms with Crippen molar-refractivity contribution in [1.29, 1.82) is 0 Å². The molecule has 0 aromatic heterocycles. The van der Waals surface area contributed by atoms with Crippen molar-refractivity contribution in [2.75, 3.05) is 13.7 Å². The van der Waals surface area contributed by atoms with Crippen LogP contribution in [0.5, 0.6) is 0 Å². The van der Waals surface area contributed by atoms with Gasteiger partial charge in [0, 0.05) is 6.54 Å². The molecule has 14 heavy (non-hydrogen) atoms. The van der Waals surface area contributed by atoms with Crippen LogP contribution in [0.25, 0.3) is 0 Å². The van der Waals surface area contributed by atoms with Crippen LogP contribution < -0.4 is 5.73 Å². The van der Waals surface area contributed by atoms with E-state index in [-0.39, 0.29) is 6.54 Å². The Hall–Kier alpha value is -1.10. The Balaban J connectivity index is 4.40. The van der Waals surface area contributed by atoms with Gasteiger partial charge in [0.25, 0.3) is 0 Å². The molecule has 82 valence electrons. The van der Waals surface area contributed by atoms with E-state index in [1.54, 1.807) is 20.8 Å². The molecule has 0 aromatic carbocycles. The van der Waals surface area contributed by atoms with Crippen molar-refractivity contribution in [2.45, 2.75) is 26.4 Å². The van der Waals surface area contributed by atoms with Crippen LogP contribution in [-0.4, -0.2) is 31.2 Å². The van der Waals surface area contributed by atoms with Gasteiger partial charge in [-0.2, -0.15) is 0 Å². The summed E-state index contributed by atoms with van der Waals surface area (Å²) in [7, 11) is 1.20. The number of hydrogen-bond acceptors (Lipinski definition) is 5. The molecule has 5 heteroatoms. The summed E-state index contributed by atoms with van der Waals surface area (Å²) in [5.74, 6) is -2.34. The number of rotatable bonds is 3. The first-order valence-corrected chi connectivity index (χ1v) is 4.32. The monoisotopic (exact) mass is 203 g/mol. The molecule has 0 aliphatic rings. The third-order valence-electron chi connectivity index (χ3n) is 1.41. The van der Waals surface area contributed by atoms with Crippen molar-refractivity contribution in [3.8, 4) is 0 Å². The molecule has 0 fully saturated rings. The molecule has 0 aromatic rings. The van der Waals surface area contributed by atoms with Crippen molar-refractivity contribution in [1.82, 2.24) is 0 Å². The first-order chi connectivity index (χ1) is 6.31. The fourth-order valence-corrected chi connectivity index (χ4v) is 0.804. The van der Waals surface area contributed by atoms with Gasteiger partial charge in [-0.3, -0.25) is 9.59 Å². The van der Waals surface area contributed by atoms with Crippen LogP contribution in [0.2, 0.25) is 0 Å². The highest BCUT2D eigenvalue weighted by Gasteiger charge is 2.30.